The van der Waals surface area contributed by atoms with Crippen molar-refractivity contribution < 1.29 is 54.2 Å². The lowest BCUT2D eigenvalue weighted by Gasteiger charge is -2.29. The Hall–Kier alpha value is -3.66. The van der Waals surface area contributed by atoms with Gasteiger partial charge in [-0.2, -0.15) is 31.4 Å². The Kier molecular flexibility index (Phi) is 12.9. The molecule has 1 unspecified atom stereocenters. The molecule has 0 aliphatic heterocycles. The molecule has 1 fully saturated rings. The smallest absolute Gasteiger partial charge is 0.481 e. The van der Waals surface area contributed by atoms with E-state index in [1.54, 1.807) is 6.92 Å². The molecule has 0 bridgehead atoms. The molecule has 0 radical (unpaired) electrons. The molecule has 1 aliphatic carbocycles. The number of nitrogens with one attached hydrogen (secondary N) is 2. The van der Waals surface area contributed by atoms with Crippen molar-refractivity contribution in [2.24, 2.45) is 11.8 Å². The van der Waals surface area contributed by atoms with Crippen molar-refractivity contribution in [2.45, 2.75) is 83.8 Å². The third kappa shape index (κ3) is 11.7. The normalized spacial score (nSPS) is 17.7. The molecule has 1 atom stereocenters. The van der Waals surface area contributed by atoms with E-state index in [0.717, 1.165) is 25.7 Å². The molecule has 1 saturated carbocycles. The van der Waals surface area contributed by atoms with Gasteiger partial charge in [0, 0.05) is 30.8 Å². The number of halogens is 10. The van der Waals surface area contributed by atoms with E-state index in [1.165, 1.54) is 28.9 Å². The second-order valence-corrected chi connectivity index (χ2v) is 12.1. The van der Waals surface area contributed by atoms with Crippen molar-refractivity contribution in [3.63, 3.8) is 0 Å². The average molecular weight is 731 g/mol. The Morgan fingerprint density at radius 3 is 2.08 bits per heavy atom. The second kappa shape index (κ2) is 15.9. The molecule has 2 aromatic carbocycles. The molecular formula is C32H36ClF9N4O3. The number of ether oxygens (including phenoxy) is 1. The lowest BCUT2D eigenvalue weighted by atomic mass is 9.80. The highest BCUT2D eigenvalue weighted by Gasteiger charge is 2.37. The largest absolute Gasteiger partial charge is 0.573 e. The zero-order valence-electron chi connectivity index (χ0n) is 26.4. The first-order valence-electron chi connectivity index (χ1n) is 15.2. The van der Waals surface area contributed by atoms with Crippen molar-refractivity contribution in [3.05, 3.63) is 76.0 Å². The van der Waals surface area contributed by atoms with Gasteiger partial charge in [-0.25, -0.2) is 0 Å². The van der Waals surface area contributed by atoms with E-state index < -0.39 is 48.1 Å². The topological polar surface area (TPSA) is 88.4 Å². The number of anilines is 1. The average Bonchev–Trinajstić information content (AvgIpc) is 3.31. The van der Waals surface area contributed by atoms with E-state index in [0.29, 0.717) is 41.4 Å². The van der Waals surface area contributed by atoms with Gasteiger partial charge in [0.1, 0.15) is 11.6 Å². The van der Waals surface area contributed by atoms with Crippen molar-refractivity contribution >= 4 is 24.2 Å². The van der Waals surface area contributed by atoms with Crippen LogP contribution in [0.5, 0.6) is 5.75 Å². The standard InChI is InChI=1S/C32H35F9N4O3.ClH/c1-18-9-28(44-45(18)17-22-10-24(30(33,34)35)14-25(11-22)31(36,37)38)43-16-23-13-26(48-32(39,40)41)7-8-27(23)19(2)42-15-21-5-3-20(4-6-21)12-29(46)47;/h7-11,13-14,19-21,42H,3-6,12,15-17H2,1-2H3,(H,43,44)(H,46,47);1H. The monoisotopic (exact) mass is 730 g/mol. The summed E-state index contributed by atoms with van der Waals surface area (Å²) >= 11 is 0. The lowest BCUT2D eigenvalue weighted by Crippen LogP contribution is -2.29. The van der Waals surface area contributed by atoms with E-state index in [9.17, 15) is 44.3 Å². The van der Waals surface area contributed by atoms with Crippen LogP contribution in [0.3, 0.4) is 0 Å². The molecule has 17 heteroatoms. The van der Waals surface area contributed by atoms with Crippen LogP contribution in [0, 0.1) is 18.8 Å². The maximum atomic E-state index is 13.3. The zero-order chi connectivity index (χ0) is 35.4. The van der Waals surface area contributed by atoms with Gasteiger partial charge >= 0.3 is 24.7 Å². The molecule has 1 heterocycles. The van der Waals surface area contributed by atoms with Crippen molar-refractivity contribution in [3.8, 4) is 5.75 Å². The SMILES string of the molecule is Cc1cc(NCc2cc(OC(F)(F)F)ccc2C(C)NCC2CCC(CC(=O)O)CC2)nn1Cc1cc(C(F)(F)F)cc(C(F)(F)F)c1.Cl. The number of aryl methyl sites for hydroxylation is 1. The molecule has 7 nitrogen and oxygen atoms in total. The van der Waals surface area contributed by atoms with E-state index in [-0.39, 0.29) is 54.8 Å². The minimum absolute atomic E-state index is 0. The van der Waals surface area contributed by atoms with Gasteiger partial charge in [0.2, 0.25) is 0 Å². The number of carboxylic acids is 1. The van der Waals surface area contributed by atoms with Gasteiger partial charge in [-0.3, -0.25) is 9.48 Å². The molecule has 4 rings (SSSR count). The van der Waals surface area contributed by atoms with Crippen LogP contribution in [0.15, 0.2) is 42.5 Å². The first-order valence-corrected chi connectivity index (χ1v) is 15.2. The van der Waals surface area contributed by atoms with Gasteiger partial charge in [-0.05, 0) is 105 Å². The highest BCUT2D eigenvalue weighted by molar-refractivity contribution is 5.85. The van der Waals surface area contributed by atoms with E-state index in [2.05, 4.69) is 20.5 Å². The Labute approximate surface area is 282 Å². The van der Waals surface area contributed by atoms with Crippen LogP contribution >= 0.6 is 12.4 Å². The number of hydrogen-bond acceptors (Lipinski definition) is 5. The lowest BCUT2D eigenvalue weighted by molar-refractivity contribution is -0.274. The fraction of sp³-hybridized carbons (Fsp3) is 0.500. The summed E-state index contributed by atoms with van der Waals surface area (Å²) < 4.78 is 124. The number of alkyl halides is 9. The van der Waals surface area contributed by atoms with Crippen LogP contribution in [0.1, 0.15) is 78.6 Å². The van der Waals surface area contributed by atoms with Gasteiger partial charge in [0.05, 0.1) is 17.7 Å². The second-order valence-electron chi connectivity index (χ2n) is 12.1. The zero-order valence-corrected chi connectivity index (χ0v) is 27.2. The fourth-order valence-corrected chi connectivity index (χ4v) is 5.92. The third-order valence-electron chi connectivity index (χ3n) is 8.38. The predicted octanol–water partition coefficient (Wildman–Crippen LogP) is 9.14. The van der Waals surface area contributed by atoms with Crippen LogP contribution < -0.4 is 15.4 Å². The fourth-order valence-electron chi connectivity index (χ4n) is 5.92. The van der Waals surface area contributed by atoms with Crippen molar-refractivity contribution in [2.75, 3.05) is 11.9 Å². The van der Waals surface area contributed by atoms with Crippen molar-refractivity contribution in [1.82, 2.24) is 15.1 Å². The molecule has 0 spiro atoms. The molecule has 49 heavy (non-hydrogen) atoms. The van der Waals surface area contributed by atoms with E-state index >= 15 is 0 Å². The van der Waals surface area contributed by atoms with E-state index in [1.807, 2.05) is 6.92 Å². The summed E-state index contributed by atoms with van der Waals surface area (Å²) in [6.07, 6.45) is -11.5. The van der Waals surface area contributed by atoms with Crippen LogP contribution in [0.25, 0.3) is 0 Å². The Bertz CT molecular complexity index is 1530. The van der Waals surface area contributed by atoms with Gasteiger partial charge < -0.3 is 20.5 Å². The number of nitrogens with zero attached hydrogens (tertiary/aromatic N) is 2. The number of hydrogen-bond donors (Lipinski definition) is 3. The summed E-state index contributed by atoms with van der Waals surface area (Å²) in [6.45, 7) is 3.59. The molecule has 3 aromatic rings. The summed E-state index contributed by atoms with van der Waals surface area (Å²) in [4.78, 5) is 11.0. The van der Waals surface area contributed by atoms with Gasteiger partial charge in [0.15, 0.2) is 0 Å². The van der Waals surface area contributed by atoms with Gasteiger partial charge in [-0.1, -0.05) is 6.07 Å². The summed E-state index contributed by atoms with van der Waals surface area (Å²) in [7, 11) is 0. The minimum atomic E-state index is -5.00. The van der Waals surface area contributed by atoms with Crippen LogP contribution in [-0.4, -0.2) is 33.8 Å². The summed E-state index contributed by atoms with van der Waals surface area (Å²) in [5.74, 6) is -0.616. The number of aliphatic carboxylic acids is 1. The predicted molar refractivity (Wildman–Crippen MR) is 164 cm³/mol. The first-order chi connectivity index (χ1) is 22.3. The highest BCUT2D eigenvalue weighted by atomic mass is 35.5. The summed E-state index contributed by atoms with van der Waals surface area (Å²) in [5, 5.41) is 19.7. The van der Waals surface area contributed by atoms with Crippen molar-refractivity contribution in [1.29, 1.82) is 0 Å². The van der Waals surface area contributed by atoms with Crippen LogP contribution in [-0.2, 0) is 30.2 Å². The number of carboxylic acid groups (broad SMARTS) is 1. The maximum Gasteiger partial charge on any atom is 0.573 e. The molecular weight excluding hydrogens is 695 g/mol. The minimum Gasteiger partial charge on any atom is -0.481 e. The highest BCUT2D eigenvalue weighted by Crippen LogP contribution is 2.37. The van der Waals surface area contributed by atoms with Gasteiger partial charge in [-0.15, -0.1) is 25.6 Å². The van der Waals surface area contributed by atoms with Gasteiger partial charge in [0.25, 0.3) is 0 Å². The Morgan fingerprint density at radius 1 is 0.939 bits per heavy atom. The molecule has 0 amide bonds. The molecule has 1 aromatic heterocycles. The number of rotatable bonds is 12. The van der Waals surface area contributed by atoms with Crippen LogP contribution in [0.4, 0.5) is 45.3 Å². The summed E-state index contributed by atoms with van der Waals surface area (Å²) in [5.41, 5.74) is -1.66. The Balaban J connectivity index is 0.00000650. The Morgan fingerprint density at radius 2 is 1.53 bits per heavy atom. The molecule has 0 saturated heterocycles. The number of carbonyl (C=O) groups is 1. The third-order valence-corrected chi connectivity index (χ3v) is 8.38. The summed E-state index contributed by atoms with van der Waals surface area (Å²) in [6, 6.07) is 6.44. The first kappa shape index (κ1) is 39.8. The molecule has 3 N–H and O–H groups in total. The maximum absolute atomic E-state index is 13.3. The number of aromatic nitrogens is 2. The van der Waals surface area contributed by atoms with Crippen LogP contribution in [0.2, 0.25) is 0 Å². The quantitative estimate of drug-likeness (QED) is 0.161. The number of benzene rings is 2. The van der Waals surface area contributed by atoms with E-state index in [4.69, 9.17) is 5.11 Å². The molecule has 1 aliphatic rings. The molecule has 272 valence electrons.